The molecule has 0 aliphatic carbocycles. The molecule has 0 spiro atoms. The molecule has 1 aliphatic rings. The van der Waals surface area contributed by atoms with Gasteiger partial charge < -0.3 is 10.2 Å². The highest BCUT2D eigenvalue weighted by Crippen LogP contribution is 2.10. The highest BCUT2D eigenvalue weighted by atomic mass is 15.2. The summed E-state index contributed by atoms with van der Waals surface area (Å²) >= 11 is 0. The lowest BCUT2D eigenvalue weighted by atomic mass is 10.1. The first kappa shape index (κ1) is 13.9. The summed E-state index contributed by atoms with van der Waals surface area (Å²) < 4.78 is 0. The summed E-state index contributed by atoms with van der Waals surface area (Å²) in [5.41, 5.74) is 0. The summed E-state index contributed by atoms with van der Waals surface area (Å²) in [5, 5.41) is 3.51. The van der Waals surface area contributed by atoms with E-state index in [0.29, 0.717) is 0 Å². The lowest BCUT2D eigenvalue weighted by molar-refractivity contribution is 0.187. The predicted molar refractivity (Wildman–Crippen MR) is 70.9 cm³/mol. The maximum atomic E-state index is 3.51. The quantitative estimate of drug-likeness (QED) is 0.740. The standard InChI is InChI=1S/C13H29N3/c1-4-7-13(12-14-5-2)16-9-6-8-15(3)10-11-16/h13-14H,4-12H2,1-3H3. The van der Waals surface area contributed by atoms with Crippen LogP contribution in [-0.4, -0.2) is 62.2 Å². The van der Waals surface area contributed by atoms with Crippen LogP contribution < -0.4 is 5.32 Å². The van der Waals surface area contributed by atoms with Gasteiger partial charge in [-0.1, -0.05) is 20.3 Å². The molecule has 1 aliphatic heterocycles. The van der Waals surface area contributed by atoms with Crippen LogP contribution in [0.4, 0.5) is 0 Å². The van der Waals surface area contributed by atoms with Crippen LogP contribution >= 0.6 is 0 Å². The zero-order valence-corrected chi connectivity index (χ0v) is 11.3. The van der Waals surface area contributed by atoms with Gasteiger partial charge in [0.1, 0.15) is 0 Å². The summed E-state index contributed by atoms with van der Waals surface area (Å²) in [4.78, 5) is 5.14. The molecule has 0 aromatic carbocycles. The molecule has 16 heavy (non-hydrogen) atoms. The van der Waals surface area contributed by atoms with E-state index in [-0.39, 0.29) is 0 Å². The van der Waals surface area contributed by atoms with Crippen molar-refractivity contribution in [3.05, 3.63) is 0 Å². The second-order valence-electron chi connectivity index (χ2n) is 4.94. The first-order valence-electron chi connectivity index (χ1n) is 6.91. The van der Waals surface area contributed by atoms with Gasteiger partial charge in [-0.3, -0.25) is 4.90 Å². The Labute approximate surface area is 101 Å². The van der Waals surface area contributed by atoms with Crippen molar-refractivity contribution in [2.75, 3.05) is 46.3 Å². The molecule has 96 valence electrons. The van der Waals surface area contributed by atoms with Gasteiger partial charge in [0.2, 0.25) is 0 Å². The van der Waals surface area contributed by atoms with Crippen molar-refractivity contribution in [2.45, 2.75) is 39.2 Å². The predicted octanol–water partition coefficient (Wildman–Crippen LogP) is 1.40. The van der Waals surface area contributed by atoms with Crippen LogP contribution in [0.2, 0.25) is 0 Å². The van der Waals surface area contributed by atoms with Crippen LogP contribution in [0, 0.1) is 0 Å². The SMILES string of the molecule is CCCC(CNCC)N1CCCN(C)CC1. The molecule has 1 unspecified atom stereocenters. The van der Waals surface area contributed by atoms with E-state index >= 15 is 0 Å². The minimum Gasteiger partial charge on any atom is -0.315 e. The van der Waals surface area contributed by atoms with Crippen molar-refractivity contribution < 1.29 is 0 Å². The smallest absolute Gasteiger partial charge is 0.0221 e. The minimum absolute atomic E-state index is 0.747. The Morgan fingerprint density at radius 3 is 2.62 bits per heavy atom. The minimum atomic E-state index is 0.747. The summed E-state index contributed by atoms with van der Waals surface area (Å²) in [6.45, 7) is 11.7. The normalized spacial score (nSPS) is 21.9. The maximum absolute atomic E-state index is 3.51. The van der Waals surface area contributed by atoms with E-state index in [9.17, 15) is 0 Å². The fraction of sp³-hybridized carbons (Fsp3) is 1.00. The average molecular weight is 227 g/mol. The lowest BCUT2D eigenvalue weighted by Gasteiger charge is -2.30. The van der Waals surface area contributed by atoms with E-state index in [1.54, 1.807) is 0 Å². The van der Waals surface area contributed by atoms with Gasteiger partial charge in [-0.15, -0.1) is 0 Å². The van der Waals surface area contributed by atoms with E-state index in [1.807, 2.05) is 0 Å². The molecule has 0 aromatic heterocycles. The Bertz CT molecular complexity index is 171. The number of nitrogens with one attached hydrogen (secondary N) is 1. The molecule has 1 heterocycles. The Hall–Kier alpha value is -0.120. The zero-order valence-electron chi connectivity index (χ0n) is 11.3. The summed E-state index contributed by atoms with van der Waals surface area (Å²) in [5.74, 6) is 0. The summed E-state index contributed by atoms with van der Waals surface area (Å²) in [6.07, 6.45) is 3.95. The van der Waals surface area contributed by atoms with Gasteiger partial charge >= 0.3 is 0 Å². The zero-order chi connectivity index (χ0) is 11.8. The molecule has 3 heteroatoms. The Balaban J connectivity index is 2.41. The van der Waals surface area contributed by atoms with E-state index in [1.165, 1.54) is 45.4 Å². The molecule has 1 N–H and O–H groups in total. The van der Waals surface area contributed by atoms with Crippen molar-refractivity contribution in [3.63, 3.8) is 0 Å². The van der Waals surface area contributed by atoms with Crippen molar-refractivity contribution in [1.29, 1.82) is 0 Å². The number of rotatable bonds is 6. The average Bonchev–Trinajstić information content (AvgIpc) is 2.49. The molecule has 1 atom stereocenters. The molecule has 0 bridgehead atoms. The fourth-order valence-corrected chi connectivity index (χ4v) is 2.49. The first-order chi connectivity index (χ1) is 7.77. The monoisotopic (exact) mass is 227 g/mol. The second-order valence-corrected chi connectivity index (χ2v) is 4.94. The topological polar surface area (TPSA) is 18.5 Å². The highest BCUT2D eigenvalue weighted by molar-refractivity contribution is 4.77. The van der Waals surface area contributed by atoms with Gasteiger partial charge in [-0.2, -0.15) is 0 Å². The van der Waals surface area contributed by atoms with Crippen LogP contribution in [0.25, 0.3) is 0 Å². The lowest BCUT2D eigenvalue weighted by Crippen LogP contribution is -2.44. The van der Waals surface area contributed by atoms with Crippen molar-refractivity contribution in [3.8, 4) is 0 Å². The highest BCUT2D eigenvalue weighted by Gasteiger charge is 2.19. The molecular formula is C13H29N3. The Morgan fingerprint density at radius 2 is 1.94 bits per heavy atom. The molecule has 1 saturated heterocycles. The number of hydrogen-bond acceptors (Lipinski definition) is 3. The molecule has 0 saturated carbocycles. The van der Waals surface area contributed by atoms with E-state index in [4.69, 9.17) is 0 Å². The number of nitrogens with zero attached hydrogens (tertiary/aromatic N) is 2. The molecule has 1 fully saturated rings. The third-order valence-corrected chi connectivity index (χ3v) is 3.52. The maximum Gasteiger partial charge on any atom is 0.0221 e. The summed E-state index contributed by atoms with van der Waals surface area (Å²) in [7, 11) is 2.24. The van der Waals surface area contributed by atoms with Gasteiger partial charge in [0.05, 0.1) is 0 Å². The van der Waals surface area contributed by atoms with Crippen molar-refractivity contribution >= 4 is 0 Å². The molecule has 0 aromatic rings. The van der Waals surface area contributed by atoms with E-state index in [0.717, 1.165) is 19.1 Å². The van der Waals surface area contributed by atoms with Crippen LogP contribution in [0.1, 0.15) is 33.1 Å². The second kappa shape index (κ2) is 8.04. The molecule has 0 amide bonds. The van der Waals surface area contributed by atoms with Gasteiger partial charge in [0.25, 0.3) is 0 Å². The van der Waals surface area contributed by atoms with Gasteiger partial charge in [-0.05, 0) is 39.5 Å². The third kappa shape index (κ3) is 4.81. The van der Waals surface area contributed by atoms with Crippen LogP contribution in [0.3, 0.4) is 0 Å². The number of likely N-dealkylation sites (N-methyl/N-ethyl adjacent to an activating group) is 2. The molecule has 0 radical (unpaired) electrons. The van der Waals surface area contributed by atoms with Gasteiger partial charge in [0, 0.05) is 25.7 Å². The van der Waals surface area contributed by atoms with E-state index in [2.05, 4.69) is 36.0 Å². The number of hydrogen-bond donors (Lipinski definition) is 1. The third-order valence-electron chi connectivity index (χ3n) is 3.52. The van der Waals surface area contributed by atoms with Gasteiger partial charge in [-0.25, -0.2) is 0 Å². The Kier molecular flexibility index (Phi) is 7.01. The van der Waals surface area contributed by atoms with Crippen molar-refractivity contribution in [2.24, 2.45) is 0 Å². The fourth-order valence-electron chi connectivity index (χ4n) is 2.49. The first-order valence-corrected chi connectivity index (χ1v) is 6.91. The van der Waals surface area contributed by atoms with Crippen LogP contribution in [0.15, 0.2) is 0 Å². The molecule has 3 nitrogen and oxygen atoms in total. The summed E-state index contributed by atoms with van der Waals surface area (Å²) in [6, 6.07) is 0.747. The molecular weight excluding hydrogens is 198 g/mol. The van der Waals surface area contributed by atoms with Crippen molar-refractivity contribution in [1.82, 2.24) is 15.1 Å². The molecule has 1 rings (SSSR count). The Morgan fingerprint density at radius 1 is 1.12 bits per heavy atom. The van der Waals surface area contributed by atoms with Crippen LogP contribution in [-0.2, 0) is 0 Å². The largest absolute Gasteiger partial charge is 0.315 e. The van der Waals surface area contributed by atoms with E-state index < -0.39 is 0 Å². The van der Waals surface area contributed by atoms with Gasteiger partial charge in [0.15, 0.2) is 0 Å². The van der Waals surface area contributed by atoms with Crippen LogP contribution in [0.5, 0.6) is 0 Å².